The Kier molecular flexibility index (Phi) is 16.0. The van der Waals surface area contributed by atoms with Crippen molar-refractivity contribution in [1.82, 2.24) is 40.8 Å². The average Bonchev–Trinajstić information content (AvgIpc) is 3.70. The van der Waals surface area contributed by atoms with E-state index in [1.807, 2.05) is 60.7 Å². The van der Waals surface area contributed by atoms with Crippen LogP contribution in [0.1, 0.15) is 110 Å². The number of hydrogen-bond donors (Lipinski definition) is 4. The van der Waals surface area contributed by atoms with Crippen LogP contribution in [0.2, 0.25) is 0 Å². The molecule has 3 heterocycles. The number of nitrogens with one attached hydrogen (secondary N) is 4. The monoisotopic (exact) mass is 972 g/mol. The number of carbonyl (C=O) groups is 6. The van der Waals surface area contributed by atoms with Crippen LogP contribution in [-0.4, -0.2) is 114 Å². The third-order valence-electron chi connectivity index (χ3n) is 9.91. The molecule has 2 fully saturated rings. The molecule has 5 amide bonds. The van der Waals surface area contributed by atoms with Gasteiger partial charge in [0.2, 0.25) is 11.5 Å². The van der Waals surface area contributed by atoms with E-state index in [0.717, 1.165) is 22.5 Å². The molecular weight excluding hydrogens is 913 g/mol. The van der Waals surface area contributed by atoms with Crippen molar-refractivity contribution in [3.8, 4) is 0 Å². The molecule has 1 aliphatic carbocycles. The lowest BCUT2D eigenvalue weighted by Gasteiger charge is -2.36. The number of thiazole rings is 1. The summed E-state index contributed by atoms with van der Waals surface area (Å²) in [5.74, 6) is -2.06. The molecule has 2 aromatic heterocycles. The Balaban J connectivity index is 1.15. The fourth-order valence-corrected chi connectivity index (χ4v) is 7.26. The number of β-lactam (4-membered cyclic amide) rings is 1. The Hall–Kier alpha value is -7.10. The van der Waals surface area contributed by atoms with Crippen molar-refractivity contribution < 1.29 is 52.6 Å². The van der Waals surface area contributed by atoms with Gasteiger partial charge in [0.15, 0.2) is 16.9 Å². The number of benzene rings is 2. The van der Waals surface area contributed by atoms with E-state index in [-0.39, 0.29) is 55.6 Å². The second kappa shape index (κ2) is 21.5. The summed E-state index contributed by atoms with van der Waals surface area (Å²) in [5.41, 5.74) is -2.28. The quantitative estimate of drug-likeness (QED) is 0.0223. The molecule has 1 saturated carbocycles. The Morgan fingerprint density at radius 1 is 0.884 bits per heavy atom. The molecule has 370 valence electrons. The molecule has 69 heavy (non-hydrogen) atoms. The van der Waals surface area contributed by atoms with Crippen LogP contribution in [0.3, 0.4) is 0 Å². The molecule has 2 atom stereocenters. The molecule has 6 rings (SSSR count). The summed E-state index contributed by atoms with van der Waals surface area (Å²) in [5, 5.41) is 25.3. The summed E-state index contributed by atoms with van der Waals surface area (Å²) in [6, 6.07) is 16.7. The number of rotatable bonds is 18. The minimum absolute atomic E-state index is 0.0188. The first-order chi connectivity index (χ1) is 32.5. The summed E-state index contributed by atoms with van der Waals surface area (Å²) in [6.07, 6.45) is -0.354. The number of alkyl carbamates (subject to hydrolysis) is 1. The zero-order chi connectivity index (χ0) is 50.1. The van der Waals surface area contributed by atoms with E-state index in [4.69, 9.17) is 23.8 Å². The maximum Gasteiger partial charge on any atom is 0.413 e. The lowest BCUT2D eigenvalue weighted by molar-refractivity contribution is -0.164. The zero-order valence-electron chi connectivity index (χ0n) is 40.2. The highest BCUT2D eigenvalue weighted by atomic mass is 32.1. The SMILES string of the molecule is CC(C)(C)OC(=O)NCCCN(Cc1cnn(C[C@H]2NC(=O)[C@H]2NC(=O)/C(=N\OC2(C(=O)OC(c3ccccc3)c3ccccc3)CC2)c2csc(NC(=O)OC(C)(C)C)n2)n1)C(=O)OC(C)(C)C. The van der Waals surface area contributed by atoms with Gasteiger partial charge in [0.05, 0.1) is 25.3 Å². The van der Waals surface area contributed by atoms with E-state index >= 15 is 0 Å². The van der Waals surface area contributed by atoms with E-state index in [0.29, 0.717) is 12.1 Å². The number of oxime groups is 1. The van der Waals surface area contributed by atoms with Crippen LogP contribution in [0.15, 0.2) is 77.4 Å². The summed E-state index contributed by atoms with van der Waals surface area (Å²) in [6.45, 7) is 16.1. The van der Waals surface area contributed by atoms with Crippen LogP contribution in [0, 0.1) is 0 Å². The van der Waals surface area contributed by atoms with Gasteiger partial charge in [-0.3, -0.25) is 14.9 Å². The van der Waals surface area contributed by atoms with Gasteiger partial charge >= 0.3 is 24.2 Å². The van der Waals surface area contributed by atoms with E-state index in [2.05, 4.69) is 41.6 Å². The standard InChI is InChI=1S/C47H60N10O11S/c1-44(2,3)65-41(61)48-23-16-24-56(43(63)67-46(7,8)9)26-31-25-49-57(54-31)27-32-34(37(58)50-32)52-38(59)35(33-28-69-40(51-33)53-42(62)66-45(4,5)6)55-68-47(21-22-47)39(60)64-36(29-17-12-10-13-18-29)30-19-14-11-15-20-30/h10-15,17-20,25,28,32,34,36H,16,21-24,26-27H2,1-9H3,(H,48,61)(H,50,58)(H,52,59)(H,51,53,62)/b55-35-/t32-,34+/m1/s1. The van der Waals surface area contributed by atoms with Gasteiger partial charge in [-0.2, -0.15) is 15.0 Å². The van der Waals surface area contributed by atoms with Crippen molar-refractivity contribution in [1.29, 1.82) is 0 Å². The third-order valence-corrected chi connectivity index (χ3v) is 10.7. The Morgan fingerprint density at radius 3 is 2.07 bits per heavy atom. The molecule has 1 saturated heterocycles. The third kappa shape index (κ3) is 15.2. The number of anilines is 1. The highest BCUT2D eigenvalue weighted by Gasteiger charge is 2.56. The lowest BCUT2D eigenvalue weighted by atomic mass is 9.98. The van der Waals surface area contributed by atoms with Gasteiger partial charge in [0, 0.05) is 31.3 Å². The van der Waals surface area contributed by atoms with E-state index < -0.39 is 76.7 Å². The number of amides is 5. The molecule has 21 nitrogen and oxygen atoms in total. The van der Waals surface area contributed by atoms with Crippen LogP contribution in [-0.2, 0) is 51.3 Å². The van der Waals surface area contributed by atoms with Gasteiger partial charge in [-0.1, -0.05) is 65.8 Å². The van der Waals surface area contributed by atoms with Crippen molar-refractivity contribution in [3.63, 3.8) is 0 Å². The molecule has 2 aliphatic rings. The molecule has 22 heteroatoms. The van der Waals surface area contributed by atoms with E-state index in [1.165, 1.54) is 21.3 Å². The van der Waals surface area contributed by atoms with Crippen molar-refractivity contribution in [3.05, 3.63) is 94.8 Å². The molecule has 0 radical (unpaired) electrons. The summed E-state index contributed by atoms with van der Waals surface area (Å²) in [4.78, 5) is 92.1. The second-order valence-corrected chi connectivity index (χ2v) is 20.3. The highest BCUT2D eigenvalue weighted by Crippen LogP contribution is 2.43. The second-order valence-electron chi connectivity index (χ2n) is 19.4. The molecule has 4 aromatic rings. The predicted molar refractivity (Wildman–Crippen MR) is 252 cm³/mol. The first-order valence-electron chi connectivity index (χ1n) is 22.4. The number of esters is 1. The number of nitrogens with zero attached hydrogens (tertiary/aromatic N) is 6. The number of carbonyl (C=O) groups excluding carboxylic acids is 6. The predicted octanol–water partition coefficient (Wildman–Crippen LogP) is 6.00. The number of ether oxygens (including phenoxy) is 4. The maximum atomic E-state index is 14.2. The highest BCUT2D eigenvalue weighted by molar-refractivity contribution is 7.14. The van der Waals surface area contributed by atoms with Crippen LogP contribution in [0.5, 0.6) is 0 Å². The fraction of sp³-hybridized carbons (Fsp3) is 0.489. The number of aromatic nitrogens is 4. The van der Waals surface area contributed by atoms with Gasteiger partial charge in [0.25, 0.3) is 5.91 Å². The first kappa shape index (κ1) is 51.3. The molecule has 0 bridgehead atoms. The molecule has 0 unspecified atom stereocenters. The molecule has 1 aliphatic heterocycles. The topological polar surface area (TPSA) is 256 Å². The fourth-order valence-electron chi connectivity index (χ4n) is 6.58. The Morgan fingerprint density at radius 2 is 1.49 bits per heavy atom. The molecule has 0 spiro atoms. The van der Waals surface area contributed by atoms with Crippen LogP contribution in [0.4, 0.5) is 19.5 Å². The van der Waals surface area contributed by atoms with Gasteiger partial charge in [0.1, 0.15) is 34.2 Å². The first-order valence-corrected chi connectivity index (χ1v) is 23.3. The van der Waals surface area contributed by atoms with Crippen LogP contribution in [0.25, 0.3) is 0 Å². The lowest BCUT2D eigenvalue weighted by Crippen LogP contribution is -2.70. The Bertz CT molecular complexity index is 2450. The van der Waals surface area contributed by atoms with Gasteiger partial charge < -0.3 is 44.6 Å². The summed E-state index contributed by atoms with van der Waals surface area (Å²) >= 11 is 0.984. The van der Waals surface area contributed by atoms with E-state index in [9.17, 15) is 28.8 Å². The van der Waals surface area contributed by atoms with Crippen LogP contribution < -0.4 is 21.3 Å². The maximum absolute atomic E-state index is 14.2. The Labute approximate surface area is 404 Å². The largest absolute Gasteiger partial charge is 0.450 e. The minimum atomic E-state index is -1.52. The van der Waals surface area contributed by atoms with Crippen molar-refractivity contribution in [2.24, 2.45) is 5.16 Å². The van der Waals surface area contributed by atoms with Crippen molar-refractivity contribution >= 4 is 58.2 Å². The van der Waals surface area contributed by atoms with Crippen molar-refractivity contribution in [2.45, 2.75) is 135 Å². The molecular formula is C47H60N10O11S. The van der Waals surface area contributed by atoms with Crippen molar-refractivity contribution in [2.75, 3.05) is 18.4 Å². The normalized spacial score (nSPS) is 16.6. The van der Waals surface area contributed by atoms with Crippen LogP contribution >= 0.6 is 11.3 Å². The van der Waals surface area contributed by atoms with Gasteiger partial charge in [-0.15, -0.1) is 11.3 Å². The minimum Gasteiger partial charge on any atom is -0.450 e. The summed E-state index contributed by atoms with van der Waals surface area (Å²) in [7, 11) is 0. The smallest absolute Gasteiger partial charge is 0.413 e. The van der Waals surface area contributed by atoms with Gasteiger partial charge in [-0.05, 0) is 79.9 Å². The number of hydrogen-bond acceptors (Lipinski definition) is 16. The average molecular weight is 973 g/mol. The van der Waals surface area contributed by atoms with Gasteiger partial charge in [-0.25, -0.2) is 24.2 Å². The molecule has 4 N–H and O–H groups in total. The zero-order valence-corrected chi connectivity index (χ0v) is 41.0. The van der Waals surface area contributed by atoms with E-state index in [1.54, 1.807) is 62.3 Å². The summed E-state index contributed by atoms with van der Waals surface area (Å²) < 4.78 is 22.4. The molecule has 2 aromatic carbocycles.